The van der Waals surface area contributed by atoms with Gasteiger partial charge in [0, 0.05) is 18.5 Å². The molecule has 3 aromatic rings. The van der Waals surface area contributed by atoms with Crippen LogP contribution in [0.5, 0.6) is 0 Å². The zero-order chi connectivity index (χ0) is 17.3. The van der Waals surface area contributed by atoms with E-state index in [-0.39, 0.29) is 22.8 Å². The summed E-state index contributed by atoms with van der Waals surface area (Å²) in [7, 11) is -3.52. The van der Waals surface area contributed by atoms with Crippen molar-refractivity contribution in [2.24, 2.45) is 0 Å². The summed E-state index contributed by atoms with van der Waals surface area (Å²) in [5.74, 6) is 0.576. The third-order valence-corrected chi connectivity index (χ3v) is 4.53. The number of nitro groups is 1. The van der Waals surface area contributed by atoms with Crippen molar-refractivity contribution < 1.29 is 13.3 Å². The molecule has 0 atom stereocenters. The second-order valence-corrected chi connectivity index (χ2v) is 7.12. The summed E-state index contributed by atoms with van der Waals surface area (Å²) in [6.07, 6.45) is 2.79. The molecule has 124 valence electrons. The Kier molecular flexibility index (Phi) is 3.89. The highest BCUT2D eigenvalue weighted by Crippen LogP contribution is 2.28. The van der Waals surface area contributed by atoms with Crippen LogP contribution in [0.4, 0.5) is 11.4 Å². The number of fused-ring (bicyclic) bond motifs is 1. The molecule has 2 heterocycles. The predicted octanol–water partition coefficient (Wildman–Crippen LogP) is 1.65. The average molecular weight is 347 g/mol. The summed E-state index contributed by atoms with van der Waals surface area (Å²) < 4.78 is 24.8. The van der Waals surface area contributed by atoms with Crippen molar-refractivity contribution >= 4 is 26.9 Å². The number of hydrogen-bond donors (Lipinski definition) is 1. The zero-order valence-corrected chi connectivity index (χ0v) is 13.4. The van der Waals surface area contributed by atoms with Crippen LogP contribution in [0.1, 0.15) is 5.82 Å². The van der Waals surface area contributed by atoms with Gasteiger partial charge >= 0.3 is 0 Å². The van der Waals surface area contributed by atoms with Gasteiger partial charge in [0.15, 0.2) is 21.3 Å². The molecule has 0 radical (unpaired) electrons. The Morgan fingerprint density at radius 3 is 2.75 bits per heavy atom. The molecule has 0 saturated carbocycles. The molecule has 0 saturated heterocycles. The van der Waals surface area contributed by atoms with E-state index in [1.807, 2.05) is 12.1 Å². The van der Waals surface area contributed by atoms with Crippen LogP contribution in [-0.2, 0) is 16.4 Å². The summed E-state index contributed by atoms with van der Waals surface area (Å²) in [5.41, 5.74) is 0.558. The molecule has 3 rings (SSSR count). The van der Waals surface area contributed by atoms with E-state index in [1.54, 1.807) is 16.7 Å². The van der Waals surface area contributed by atoms with Crippen LogP contribution >= 0.6 is 0 Å². The maximum Gasteiger partial charge on any atom is 0.293 e. The SMILES string of the molecule is CS(=O)(=O)c1ccc(NCc2nnc3ccccn23)c([N+](=O)[O-])c1. The van der Waals surface area contributed by atoms with Crippen LogP contribution in [0, 0.1) is 10.1 Å². The number of sulfone groups is 1. The summed E-state index contributed by atoms with van der Waals surface area (Å²) in [6, 6.07) is 9.18. The van der Waals surface area contributed by atoms with Crippen molar-refractivity contribution in [1.29, 1.82) is 0 Å². The van der Waals surface area contributed by atoms with Crippen molar-refractivity contribution in [3.8, 4) is 0 Å². The lowest BCUT2D eigenvalue weighted by Gasteiger charge is -2.07. The maximum atomic E-state index is 11.5. The predicted molar refractivity (Wildman–Crippen MR) is 86.5 cm³/mol. The Labute approximate surface area is 137 Å². The van der Waals surface area contributed by atoms with E-state index in [4.69, 9.17) is 0 Å². The van der Waals surface area contributed by atoms with Gasteiger partial charge in [-0.1, -0.05) is 6.07 Å². The van der Waals surface area contributed by atoms with E-state index >= 15 is 0 Å². The highest BCUT2D eigenvalue weighted by molar-refractivity contribution is 7.90. The fraction of sp³-hybridized carbons (Fsp3) is 0.143. The first kappa shape index (κ1) is 15.9. The second-order valence-electron chi connectivity index (χ2n) is 5.11. The normalized spacial score (nSPS) is 11.5. The van der Waals surface area contributed by atoms with Gasteiger partial charge in [0.1, 0.15) is 5.69 Å². The first-order valence-electron chi connectivity index (χ1n) is 6.87. The number of nitro benzene ring substituents is 1. The third-order valence-electron chi connectivity index (χ3n) is 3.42. The van der Waals surface area contributed by atoms with Gasteiger partial charge in [-0.25, -0.2) is 8.42 Å². The number of anilines is 1. The van der Waals surface area contributed by atoms with Crippen LogP contribution in [0.25, 0.3) is 5.65 Å². The molecule has 10 heteroatoms. The lowest BCUT2D eigenvalue weighted by Crippen LogP contribution is -2.07. The molecule has 24 heavy (non-hydrogen) atoms. The van der Waals surface area contributed by atoms with E-state index in [2.05, 4.69) is 15.5 Å². The van der Waals surface area contributed by atoms with Crippen LogP contribution in [0.3, 0.4) is 0 Å². The summed E-state index contributed by atoms with van der Waals surface area (Å²) >= 11 is 0. The molecule has 0 aliphatic heterocycles. The minimum atomic E-state index is -3.52. The molecular formula is C14H13N5O4S. The molecule has 0 amide bonds. The minimum absolute atomic E-state index is 0.104. The van der Waals surface area contributed by atoms with Crippen LogP contribution in [0.2, 0.25) is 0 Å². The molecule has 0 aliphatic carbocycles. The van der Waals surface area contributed by atoms with Crippen molar-refractivity contribution in [3.63, 3.8) is 0 Å². The van der Waals surface area contributed by atoms with Crippen LogP contribution in [0.15, 0.2) is 47.5 Å². The maximum absolute atomic E-state index is 11.5. The lowest BCUT2D eigenvalue weighted by atomic mass is 10.2. The van der Waals surface area contributed by atoms with Gasteiger partial charge in [0.25, 0.3) is 5.69 Å². The Hall–Kier alpha value is -3.01. The summed E-state index contributed by atoms with van der Waals surface area (Å²) in [5, 5.41) is 22.1. The minimum Gasteiger partial charge on any atom is -0.372 e. The smallest absolute Gasteiger partial charge is 0.293 e. The number of aromatic nitrogens is 3. The van der Waals surface area contributed by atoms with E-state index in [0.717, 1.165) is 12.3 Å². The molecule has 2 aromatic heterocycles. The van der Waals surface area contributed by atoms with Gasteiger partial charge in [-0.2, -0.15) is 0 Å². The largest absolute Gasteiger partial charge is 0.372 e. The Balaban J connectivity index is 1.91. The quantitative estimate of drug-likeness (QED) is 0.550. The standard InChI is InChI=1S/C14H13N5O4S/c1-24(22,23)10-5-6-11(12(8-10)19(20)21)15-9-14-17-16-13-4-2-3-7-18(13)14/h2-8,15H,9H2,1H3. The van der Waals surface area contributed by atoms with Crippen molar-refractivity contribution in [3.05, 3.63) is 58.5 Å². The van der Waals surface area contributed by atoms with Crippen molar-refractivity contribution in [1.82, 2.24) is 14.6 Å². The van der Waals surface area contributed by atoms with Gasteiger partial charge in [0.05, 0.1) is 16.4 Å². The number of nitrogens with one attached hydrogen (secondary N) is 1. The fourth-order valence-electron chi connectivity index (χ4n) is 2.23. The number of benzene rings is 1. The summed E-state index contributed by atoms with van der Waals surface area (Å²) in [6.45, 7) is 0.199. The van der Waals surface area contributed by atoms with E-state index in [1.165, 1.54) is 12.1 Å². The fourth-order valence-corrected chi connectivity index (χ4v) is 2.87. The highest BCUT2D eigenvalue weighted by atomic mass is 32.2. The molecule has 0 spiro atoms. The molecule has 1 N–H and O–H groups in total. The van der Waals surface area contributed by atoms with E-state index < -0.39 is 14.8 Å². The van der Waals surface area contributed by atoms with Gasteiger partial charge < -0.3 is 5.32 Å². The molecule has 0 fully saturated rings. The van der Waals surface area contributed by atoms with Crippen molar-refractivity contribution in [2.75, 3.05) is 11.6 Å². The molecular weight excluding hydrogens is 334 g/mol. The first-order valence-corrected chi connectivity index (χ1v) is 8.76. The second kappa shape index (κ2) is 5.89. The number of nitrogens with zero attached hydrogens (tertiary/aromatic N) is 4. The van der Waals surface area contributed by atoms with Crippen LogP contribution in [-0.4, -0.2) is 34.2 Å². The molecule has 9 nitrogen and oxygen atoms in total. The Morgan fingerprint density at radius 2 is 2.04 bits per heavy atom. The van der Waals surface area contributed by atoms with E-state index in [9.17, 15) is 18.5 Å². The van der Waals surface area contributed by atoms with Gasteiger partial charge in [-0.05, 0) is 24.3 Å². The topological polar surface area (TPSA) is 120 Å². The average Bonchev–Trinajstić information content (AvgIpc) is 2.95. The highest BCUT2D eigenvalue weighted by Gasteiger charge is 2.19. The number of hydrogen-bond acceptors (Lipinski definition) is 7. The van der Waals surface area contributed by atoms with Crippen LogP contribution < -0.4 is 5.32 Å². The monoisotopic (exact) mass is 347 g/mol. The Bertz CT molecular complexity index is 1030. The van der Waals surface area contributed by atoms with Crippen molar-refractivity contribution in [2.45, 2.75) is 11.4 Å². The third kappa shape index (κ3) is 3.04. The molecule has 0 aliphatic rings. The summed E-state index contributed by atoms with van der Waals surface area (Å²) in [4.78, 5) is 10.5. The van der Waals surface area contributed by atoms with Gasteiger partial charge in [-0.3, -0.25) is 14.5 Å². The first-order chi connectivity index (χ1) is 11.4. The van der Waals surface area contributed by atoms with Gasteiger partial charge in [0.2, 0.25) is 0 Å². The van der Waals surface area contributed by atoms with E-state index in [0.29, 0.717) is 11.5 Å². The number of pyridine rings is 1. The Morgan fingerprint density at radius 1 is 1.25 bits per heavy atom. The molecule has 0 bridgehead atoms. The molecule has 0 unspecified atom stereocenters. The molecule has 1 aromatic carbocycles. The lowest BCUT2D eigenvalue weighted by molar-refractivity contribution is -0.384. The number of rotatable bonds is 5. The zero-order valence-electron chi connectivity index (χ0n) is 12.6. The van der Waals surface area contributed by atoms with Gasteiger partial charge in [-0.15, -0.1) is 10.2 Å².